The SMILES string of the molecule is COC(=O)[C@@H](N)Cc1cn(Cc2ccc(C(F)(F)F)cc2)c2ccccc12. The molecule has 0 aliphatic heterocycles. The Bertz CT molecular complexity index is 946. The number of hydrogen-bond acceptors (Lipinski definition) is 3. The van der Waals surface area contributed by atoms with E-state index in [0.29, 0.717) is 13.0 Å². The van der Waals surface area contributed by atoms with Crippen molar-refractivity contribution in [3.05, 3.63) is 71.4 Å². The Morgan fingerprint density at radius 1 is 1.15 bits per heavy atom. The maximum Gasteiger partial charge on any atom is 0.416 e. The van der Waals surface area contributed by atoms with Crippen LogP contribution in [0.25, 0.3) is 10.9 Å². The van der Waals surface area contributed by atoms with Crippen molar-refractivity contribution in [3.8, 4) is 0 Å². The molecule has 0 aliphatic carbocycles. The van der Waals surface area contributed by atoms with E-state index in [1.165, 1.54) is 19.2 Å². The Labute approximate surface area is 154 Å². The number of rotatable bonds is 5. The maximum atomic E-state index is 12.7. The molecule has 0 fully saturated rings. The molecule has 2 aromatic carbocycles. The normalized spacial score (nSPS) is 12.9. The van der Waals surface area contributed by atoms with Gasteiger partial charge in [-0.15, -0.1) is 0 Å². The average molecular weight is 376 g/mol. The molecule has 0 amide bonds. The van der Waals surface area contributed by atoms with E-state index in [4.69, 9.17) is 5.73 Å². The molecule has 0 bridgehead atoms. The van der Waals surface area contributed by atoms with Crippen LogP contribution in [-0.4, -0.2) is 23.7 Å². The molecule has 7 heteroatoms. The van der Waals surface area contributed by atoms with Gasteiger partial charge in [0.05, 0.1) is 12.7 Å². The van der Waals surface area contributed by atoms with Gasteiger partial charge in [0.25, 0.3) is 0 Å². The summed E-state index contributed by atoms with van der Waals surface area (Å²) in [6.45, 7) is 0.409. The van der Waals surface area contributed by atoms with Crippen molar-refractivity contribution in [3.63, 3.8) is 0 Å². The fourth-order valence-electron chi connectivity index (χ4n) is 3.08. The highest BCUT2D eigenvalue weighted by molar-refractivity contribution is 5.85. The molecule has 1 atom stereocenters. The Kier molecular flexibility index (Phi) is 5.23. The van der Waals surface area contributed by atoms with Crippen LogP contribution in [0.3, 0.4) is 0 Å². The van der Waals surface area contributed by atoms with E-state index in [1.807, 2.05) is 35.0 Å². The molecule has 0 spiro atoms. The van der Waals surface area contributed by atoms with Gasteiger partial charge in [-0.25, -0.2) is 0 Å². The highest BCUT2D eigenvalue weighted by Crippen LogP contribution is 2.29. The number of halogens is 3. The molecule has 0 radical (unpaired) electrons. The standard InChI is InChI=1S/C20H19F3N2O2/c1-27-19(26)17(24)10-14-12-25(18-5-3-2-4-16(14)18)11-13-6-8-15(9-7-13)20(21,22)23/h2-9,12,17H,10-11,24H2,1H3/t17-/m0/s1. The predicted molar refractivity (Wildman–Crippen MR) is 96.2 cm³/mol. The first-order chi connectivity index (χ1) is 12.8. The van der Waals surface area contributed by atoms with E-state index in [0.717, 1.165) is 34.2 Å². The number of hydrogen-bond donors (Lipinski definition) is 1. The molecule has 3 aromatic rings. The third-order valence-corrected chi connectivity index (χ3v) is 4.45. The maximum absolute atomic E-state index is 12.7. The summed E-state index contributed by atoms with van der Waals surface area (Å²) in [5.74, 6) is -0.491. The summed E-state index contributed by atoms with van der Waals surface area (Å²) >= 11 is 0. The highest BCUT2D eigenvalue weighted by Gasteiger charge is 2.29. The molecule has 0 saturated heterocycles. The van der Waals surface area contributed by atoms with E-state index < -0.39 is 23.8 Å². The van der Waals surface area contributed by atoms with Gasteiger partial charge in [0.2, 0.25) is 0 Å². The smallest absolute Gasteiger partial charge is 0.416 e. The van der Waals surface area contributed by atoms with Crippen LogP contribution in [0.5, 0.6) is 0 Å². The van der Waals surface area contributed by atoms with Crippen LogP contribution in [0.15, 0.2) is 54.7 Å². The number of nitrogens with two attached hydrogens (primary N) is 1. The molecule has 0 aliphatic rings. The third kappa shape index (κ3) is 4.14. The molecule has 2 N–H and O–H groups in total. The van der Waals surface area contributed by atoms with E-state index in [2.05, 4.69) is 4.74 Å². The van der Waals surface area contributed by atoms with Gasteiger partial charge in [-0.3, -0.25) is 4.79 Å². The van der Waals surface area contributed by atoms with Crippen LogP contribution in [-0.2, 0) is 28.7 Å². The van der Waals surface area contributed by atoms with Gasteiger partial charge < -0.3 is 15.0 Å². The third-order valence-electron chi connectivity index (χ3n) is 4.45. The number of aromatic nitrogens is 1. The van der Waals surface area contributed by atoms with E-state index >= 15 is 0 Å². The van der Waals surface area contributed by atoms with Crippen LogP contribution in [0.1, 0.15) is 16.7 Å². The Morgan fingerprint density at radius 3 is 2.44 bits per heavy atom. The van der Waals surface area contributed by atoms with Crippen LogP contribution in [0.4, 0.5) is 13.2 Å². The summed E-state index contributed by atoms with van der Waals surface area (Å²) in [7, 11) is 1.29. The molecule has 1 heterocycles. The number of esters is 1. The number of carbonyl (C=O) groups is 1. The number of methoxy groups -OCH3 is 1. The number of fused-ring (bicyclic) bond motifs is 1. The summed E-state index contributed by atoms with van der Waals surface area (Å²) < 4.78 is 44.8. The molecule has 3 rings (SSSR count). The minimum atomic E-state index is -4.35. The molecule has 0 unspecified atom stereocenters. The van der Waals surface area contributed by atoms with Crippen molar-refractivity contribution in [1.29, 1.82) is 0 Å². The molecule has 27 heavy (non-hydrogen) atoms. The molecular formula is C20H19F3N2O2. The number of para-hydroxylation sites is 1. The predicted octanol–water partition coefficient (Wildman–Crippen LogP) is 3.75. The highest BCUT2D eigenvalue weighted by atomic mass is 19.4. The second-order valence-electron chi connectivity index (χ2n) is 6.33. The van der Waals surface area contributed by atoms with Crippen molar-refractivity contribution in [2.75, 3.05) is 7.11 Å². The Balaban J connectivity index is 1.90. The van der Waals surface area contributed by atoms with Crippen molar-refractivity contribution in [2.24, 2.45) is 5.73 Å². The zero-order chi connectivity index (χ0) is 19.6. The van der Waals surface area contributed by atoms with Gasteiger partial charge in [-0.1, -0.05) is 30.3 Å². The van der Waals surface area contributed by atoms with Crippen molar-refractivity contribution >= 4 is 16.9 Å². The van der Waals surface area contributed by atoms with Gasteiger partial charge in [0, 0.05) is 30.1 Å². The van der Waals surface area contributed by atoms with Gasteiger partial charge in [-0.2, -0.15) is 13.2 Å². The minimum absolute atomic E-state index is 0.313. The second-order valence-corrected chi connectivity index (χ2v) is 6.33. The summed E-state index contributed by atoms with van der Waals surface area (Å²) in [6.07, 6.45) is -2.16. The number of alkyl halides is 3. The van der Waals surface area contributed by atoms with Gasteiger partial charge in [-0.05, 0) is 29.3 Å². The molecule has 4 nitrogen and oxygen atoms in total. The van der Waals surface area contributed by atoms with Crippen molar-refractivity contribution in [1.82, 2.24) is 4.57 Å². The molecular weight excluding hydrogens is 357 g/mol. The number of carbonyl (C=O) groups excluding carboxylic acids is 1. The van der Waals surface area contributed by atoms with Crippen LogP contribution in [0, 0.1) is 0 Å². The topological polar surface area (TPSA) is 57.2 Å². The average Bonchev–Trinajstić information content (AvgIpc) is 2.98. The second kappa shape index (κ2) is 7.44. The lowest BCUT2D eigenvalue weighted by molar-refractivity contribution is -0.142. The largest absolute Gasteiger partial charge is 0.468 e. The van der Waals surface area contributed by atoms with Gasteiger partial charge in [0.15, 0.2) is 0 Å². The molecule has 142 valence electrons. The summed E-state index contributed by atoms with van der Waals surface area (Å²) in [6, 6.07) is 11.9. The number of ether oxygens (including phenoxy) is 1. The number of benzene rings is 2. The van der Waals surface area contributed by atoms with E-state index in [9.17, 15) is 18.0 Å². The Hall–Kier alpha value is -2.80. The van der Waals surface area contributed by atoms with Crippen LogP contribution in [0.2, 0.25) is 0 Å². The first-order valence-electron chi connectivity index (χ1n) is 8.36. The quantitative estimate of drug-likeness (QED) is 0.690. The van der Waals surface area contributed by atoms with Crippen molar-refractivity contribution in [2.45, 2.75) is 25.2 Å². The Morgan fingerprint density at radius 2 is 1.81 bits per heavy atom. The van der Waals surface area contributed by atoms with E-state index in [1.54, 1.807) is 0 Å². The van der Waals surface area contributed by atoms with Gasteiger partial charge >= 0.3 is 12.1 Å². The minimum Gasteiger partial charge on any atom is -0.468 e. The summed E-state index contributed by atoms with van der Waals surface area (Å²) in [4.78, 5) is 11.6. The zero-order valence-electron chi connectivity index (χ0n) is 14.7. The fourth-order valence-corrected chi connectivity index (χ4v) is 3.08. The lowest BCUT2D eigenvalue weighted by Gasteiger charge is -2.09. The van der Waals surface area contributed by atoms with Crippen LogP contribution < -0.4 is 5.73 Å². The lowest BCUT2D eigenvalue weighted by Crippen LogP contribution is -2.33. The van der Waals surface area contributed by atoms with Gasteiger partial charge in [0.1, 0.15) is 6.04 Å². The lowest BCUT2D eigenvalue weighted by atomic mass is 10.1. The fraction of sp³-hybridized carbons (Fsp3) is 0.250. The monoisotopic (exact) mass is 376 g/mol. The summed E-state index contributed by atoms with van der Waals surface area (Å²) in [5.41, 5.74) is 7.76. The van der Waals surface area contributed by atoms with Crippen molar-refractivity contribution < 1.29 is 22.7 Å². The first kappa shape index (κ1) is 19.0. The zero-order valence-corrected chi connectivity index (χ0v) is 14.7. The molecule has 0 saturated carbocycles. The first-order valence-corrected chi connectivity index (χ1v) is 8.36. The van der Waals surface area contributed by atoms with Crippen LogP contribution >= 0.6 is 0 Å². The molecule has 1 aromatic heterocycles. The number of nitrogens with zero attached hydrogens (tertiary/aromatic N) is 1. The summed E-state index contributed by atoms with van der Waals surface area (Å²) in [5, 5.41) is 0.948. The van der Waals surface area contributed by atoms with E-state index in [-0.39, 0.29) is 0 Å².